The molecule has 156 valence electrons. The van der Waals surface area contributed by atoms with Crippen molar-refractivity contribution >= 4 is 16.7 Å². The summed E-state index contributed by atoms with van der Waals surface area (Å²) in [5.41, 5.74) is 1.93. The number of hydrogen-bond acceptors (Lipinski definition) is 5. The second-order valence-electron chi connectivity index (χ2n) is 7.78. The molecular formula is C21H25FN2O4S. The molecule has 6 nitrogen and oxygen atoms in total. The molecule has 8 heteroatoms. The molecule has 3 heterocycles. The molecule has 2 fully saturated rings. The number of halogens is 1. The number of aliphatic hydroxyl groups excluding tert-OH is 1. The van der Waals surface area contributed by atoms with Crippen LogP contribution >= 0.6 is 0 Å². The Hall–Kier alpha value is -1.58. The molecule has 0 saturated carbocycles. The van der Waals surface area contributed by atoms with Crippen LogP contribution in [0.3, 0.4) is 0 Å². The highest BCUT2D eigenvalue weighted by Gasteiger charge is 2.55. The van der Waals surface area contributed by atoms with E-state index in [9.17, 15) is 13.7 Å². The third-order valence-electron chi connectivity index (χ3n) is 5.93. The first-order valence-corrected chi connectivity index (χ1v) is 11.3. The van der Waals surface area contributed by atoms with Crippen molar-refractivity contribution < 1.29 is 23.2 Å². The number of ether oxygens (including phenoxy) is 2. The van der Waals surface area contributed by atoms with Crippen LogP contribution in [0.15, 0.2) is 46.8 Å². The van der Waals surface area contributed by atoms with Gasteiger partial charge in [0.25, 0.3) is 0 Å². The summed E-state index contributed by atoms with van der Waals surface area (Å²) in [4.78, 5) is 2.33. The van der Waals surface area contributed by atoms with Crippen molar-refractivity contribution in [2.75, 3.05) is 31.2 Å². The largest absolute Gasteiger partial charge is 0.368 e. The summed E-state index contributed by atoms with van der Waals surface area (Å²) < 4.78 is 41.0. The predicted molar refractivity (Wildman–Crippen MR) is 107 cm³/mol. The van der Waals surface area contributed by atoms with E-state index in [1.807, 2.05) is 28.6 Å². The van der Waals surface area contributed by atoms with Crippen LogP contribution in [0.25, 0.3) is 0 Å². The van der Waals surface area contributed by atoms with Crippen LogP contribution in [0, 0.1) is 0 Å². The number of fused-ring (bicyclic) bond motifs is 2. The van der Waals surface area contributed by atoms with Crippen LogP contribution in [-0.4, -0.2) is 46.2 Å². The lowest BCUT2D eigenvalue weighted by Crippen LogP contribution is -2.50. The summed E-state index contributed by atoms with van der Waals surface area (Å²) in [6.45, 7) is 2.53. The lowest BCUT2D eigenvalue weighted by molar-refractivity contribution is -0.310. The summed E-state index contributed by atoms with van der Waals surface area (Å²) in [6, 6.07) is 5.47. The van der Waals surface area contributed by atoms with Gasteiger partial charge in [0.2, 0.25) is 5.79 Å². The van der Waals surface area contributed by atoms with Gasteiger partial charge < -0.3 is 19.5 Å². The molecule has 29 heavy (non-hydrogen) atoms. The molecule has 4 aliphatic rings. The van der Waals surface area contributed by atoms with E-state index in [4.69, 9.17) is 9.47 Å². The Kier molecular flexibility index (Phi) is 5.08. The fraction of sp³-hybridized carbons (Fsp3) is 0.524. The second-order valence-corrected chi connectivity index (χ2v) is 9.27. The van der Waals surface area contributed by atoms with Gasteiger partial charge in [-0.15, -0.1) is 0 Å². The fourth-order valence-corrected chi connectivity index (χ4v) is 5.80. The lowest BCUT2D eigenvalue weighted by atomic mass is 10.1. The molecule has 1 aromatic rings. The maximum atomic E-state index is 14.0. The Balaban J connectivity index is 1.59. The maximum Gasteiger partial charge on any atom is 0.243 e. The summed E-state index contributed by atoms with van der Waals surface area (Å²) in [5.74, 6) is -1.57. The molecular weight excluding hydrogens is 395 g/mol. The van der Waals surface area contributed by atoms with E-state index in [1.165, 1.54) is 6.08 Å². The molecule has 0 aromatic heterocycles. The van der Waals surface area contributed by atoms with Crippen molar-refractivity contribution in [3.05, 3.63) is 47.4 Å². The van der Waals surface area contributed by atoms with Crippen LogP contribution in [0.5, 0.6) is 0 Å². The quantitative estimate of drug-likeness (QED) is 0.814. The summed E-state index contributed by atoms with van der Waals surface area (Å²) in [7, 11) is -1.27. The van der Waals surface area contributed by atoms with E-state index >= 15 is 0 Å². The predicted octanol–water partition coefficient (Wildman–Crippen LogP) is 3.06. The first-order chi connectivity index (χ1) is 14.1. The van der Waals surface area contributed by atoms with Gasteiger partial charge in [-0.3, -0.25) is 0 Å². The number of benzene rings is 1. The van der Waals surface area contributed by atoms with Gasteiger partial charge in [-0.1, -0.05) is 6.08 Å². The topological polar surface area (TPSA) is 62.2 Å². The molecule has 1 N–H and O–H groups in total. The van der Waals surface area contributed by atoms with E-state index in [0.717, 1.165) is 32.4 Å². The fourth-order valence-electron chi connectivity index (χ4n) is 4.51. The summed E-state index contributed by atoms with van der Waals surface area (Å²) in [5, 5.41) is 11.3. The Morgan fingerprint density at radius 1 is 1.17 bits per heavy atom. The zero-order chi connectivity index (χ0) is 20.0. The molecule has 3 aliphatic heterocycles. The molecule has 2 saturated heterocycles. The van der Waals surface area contributed by atoms with E-state index in [2.05, 4.69) is 0 Å². The summed E-state index contributed by atoms with van der Waals surface area (Å²) >= 11 is 0. The van der Waals surface area contributed by atoms with Gasteiger partial charge in [-0.05, 0) is 50.0 Å². The Morgan fingerprint density at radius 2 is 1.93 bits per heavy atom. The minimum absolute atomic E-state index is 0.213. The maximum absolute atomic E-state index is 14.0. The average Bonchev–Trinajstić information content (AvgIpc) is 3.35. The first kappa shape index (κ1) is 19.4. The SMILES string of the molecule is O=S(c1ccc2c(c1)C1(OCCCO1)C(O)N2C1=CCCC(F)=C1)N1CCCC1. The smallest absolute Gasteiger partial charge is 0.243 e. The molecule has 1 spiro atoms. The molecule has 1 aromatic carbocycles. The summed E-state index contributed by atoms with van der Waals surface area (Å²) in [6.07, 6.45) is 5.98. The van der Waals surface area contributed by atoms with Gasteiger partial charge in [0.1, 0.15) is 16.8 Å². The monoisotopic (exact) mass is 420 g/mol. The average molecular weight is 421 g/mol. The van der Waals surface area contributed by atoms with E-state index in [0.29, 0.717) is 47.9 Å². The number of nitrogens with zero attached hydrogens (tertiary/aromatic N) is 2. The molecule has 0 amide bonds. The van der Waals surface area contributed by atoms with Crippen LogP contribution in [0.4, 0.5) is 10.1 Å². The molecule has 5 rings (SSSR count). The van der Waals surface area contributed by atoms with E-state index < -0.39 is 23.0 Å². The number of anilines is 1. The first-order valence-electron chi connectivity index (χ1n) is 10.2. The molecule has 2 unspecified atom stereocenters. The standard InChI is InChI=1S/C21H25FN2O4S/c22-15-5-3-6-16(13-15)24-19-8-7-17(29(26)23-9-1-2-10-23)14-18(19)21(20(24)25)27-11-4-12-28-21/h6-8,13-14,20,25H,1-5,9-12H2. The van der Waals surface area contributed by atoms with Gasteiger partial charge in [-0.2, -0.15) is 0 Å². The van der Waals surface area contributed by atoms with Crippen molar-refractivity contribution in [1.82, 2.24) is 4.31 Å². The van der Waals surface area contributed by atoms with Crippen LogP contribution in [-0.2, 0) is 26.2 Å². The lowest BCUT2D eigenvalue weighted by Gasteiger charge is -2.38. The molecule has 2 atom stereocenters. The third-order valence-corrected chi connectivity index (χ3v) is 7.42. The van der Waals surface area contributed by atoms with Crippen LogP contribution < -0.4 is 4.90 Å². The number of aliphatic hydroxyl groups is 1. The molecule has 0 radical (unpaired) electrons. The van der Waals surface area contributed by atoms with Gasteiger partial charge in [0.05, 0.1) is 23.8 Å². The van der Waals surface area contributed by atoms with Gasteiger partial charge in [0, 0.05) is 30.8 Å². The highest BCUT2D eigenvalue weighted by Crippen LogP contribution is 2.50. The highest BCUT2D eigenvalue weighted by atomic mass is 32.2. The van der Waals surface area contributed by atoms with Crippen LogP contribution in [0.2, 0.25) is 0 Å². The number of rotatable bonds is 3. The molecule has 1 aliphatic carbocycles. The van der Waals surface area contributed by atoms with Crippen LogP contribution in [0.1, 0.15) is 37.7 Å². The molecule has 0 bridgehead atoms. The van der Waals surface area contributed by atoms with E-state index in [-0.39, 0.29) is 5.83 Å². The van der Waals surface area contributed by atoms with Gasteiger partial charge in [-0.25, -0.2) is 12.9 Å². The Morgan fingerprint density at radius 3 is 2.66 bits per heavy atom. The number of allylic oxidation sites excluding steroid dienone is 3. The van der Waals surface area contributed by atoms with Crippen molar-refractivity contribution in [2.45, 2.75) is 49.0 Å². The Bertz CT molecular complexity index is 891. The van der Waals surface area contributed by atoms with Crippen molar-refractivity contribution in [3.8, 4) is 0 Å². The highest BCUT2D eigenvalue weighted by molar-refractivity contribution is 7.82. The minimum Gasteiger partial charge on any atom is -0.368 e. The third kappa shape index (κ3) is 3.18. The van der Waals surface area contributed by atoms with Crippen molar-refractivity contribution in [3.63, 3.8) is 0 Å². The normalized spacial score (nSPS) is 27.7. The zero-order valence-electron chi connectivity index (χ0n) is 16.2. The van der Waals surface area contributed by atoms with E-state index in [1.54, 1.807) is 4.90 Å². The van der Waals surface area contributed by atoms with Gasteiger partial charge in [0.15, 0.2) is 6.23 Å². The number of hydrogen-bond donors (Lipinski definition) is 1. The van der Waals surface area contributed by atoms with Crippen molar-refractivity contribution in [2.24, 2.45) is 0 Å². The zero-order valence-corrected chi connectivity index (χ0v) is 17.0. The van der Waals surface area contributed by atoms with Gasteiger partial charge >= 0.3 is 0 Å². The van der Waals surface area contributed by atoms with Crippen molar-refractivity contribution in [1.29, 1.82) is 0 Å². The minimum atomic E-state index is -1.36. The Labute approximate surface area is 172 Å². The second kappa shape index (κ2) is 7.59.